The number of hydrogen-bond donors (Lipinski definition) is 0. The lowest BCUT2D eigenvalue weighted by Gasteiger charge is -2.11. The summed E-state index contributed by atoms with van der Waals surface area (Å²) in [6, 6.07) is 2.07. The summed E-state index contributed by atoms with van der Waals surface area (Å²) in [6.07, 6.45) is 0.942. The Morgan fingerprint density at radius 2 is 2.18 bits per heavy atom. The minimum absolute atomic E-state index is 0.499. The van der Waals surface area contributed by atoms with Gasteiger partial charge in [-0.3, -0.25) is 0 Å². The fourth-order valence-corrected chi connectivity index (χ4v) is 2.58. The topological polar surface area (TPSA) is 31.4 Å². The number of aryl methyl sites for hydroxylation is 2. The number of rotatable bonds is 4. The summed E-state index contributed by atoms with van der Waals surface area (Å²) in [5.41, 5.74) is 2.20. The number of thioether (sulfide) groups is 1. The maximum Gasteiger partial charge on any atom is 0.227 e. The van der Waals surface area contributed by atoms with Gasteiger partial charge in [0.05, 0.1) is 18.6 Å². The molecule has 0 unspecified atom stereocenters. The quantitative estimate of drug-likeness (QED) is 0.619. The van der Waals surface area contributed by atoms with Crippen molar-refractivity contribution >= 4 is 28.4 Å². The number of ether oxygens (including phenoxy) is 2. The van der Waals surface area contributed by atoms with Crippen LogP contribution in [0.3, 0.4) is 0 Å². The van der Waals surface area contributed by atoms with Crippen molar-refractivity contribution < 1.29 is 9.47 Å². The molecule has 0 N–H and O–H groups in total. The van der Waals surface area contributed by atoms with Crippen molar-refractivity contribution in [1.82, 2.24) is 4.98 Å². The molecule has 0 aliphatic rings. The third-order valence-corrected chi connectivity index (χ3v) is 3.44. The average Bonchev–Trinajstić information content (AvgIpc) is 2.31. The first-order valence-electron chi connectivity index (χ1n) is 5.51. The van der Waals surface area contributed by atoms with Crippen molar-refractivity contribution in [2.75, 3.05) is 13.7 Å². The molecule has 0 fully saturated rings. The SMILES string of the molecule is CCOC(=S)Sc1cc(CC)c(C)nc1OC. The van der Waals surface area contributed by atoms with Crippen LogP contribution in [-0.4, -0.2) is 23.1 Å². The molecule has 0 bridgehead atoms. The van der Waals surface area contributed by atoms with Crippen LogP contribution in [0.15, 0.2) is 11.0 Å². The molecular formula is C12H17NO2S2. The molecule has 1 heterocycles. The van der Waals surface area contributed by atoms with E-state index in [1.807, 2.05) is 13.8 Å². The van der Waals surface area contributed by atoms with Gasteiger partial charge in [0, 0.05) is 5.69 Å². The molecule has 1 aromatic rings. The highest BCUT2D eigenvalue weighted by Crippen LogP contribution is 2.31. The summed E-state index contributed by atoms with van der Waals surface area (Å²) < 4.78 is 11.0. The lowest BCUT2D eigenvalue weighted by Crippen LogP contribution is -2.00. The molecule has 1 rings (SSSR count). The van der Waals surface area contributed by atoms with Crippen LogP contribution in [0.4, 0.5) is 0 Å². The summed E-state index contributed by atoms with van der Waals surface area (Å²) in [5.74, 6) is 0.603. The normalized spacial score (nSPS) is 10.1. The minimum Gasteiger partial charge on any atom is -0.480 e. The second-order valence-corrected chi connectivity index (χ2v) is 5.02. The van der Waals surface area contributed by atoms with Gasteiger partial charge in [0.15, 0.2) is 0 Å². The zero-order valence-corrected chi connectivity index (χ0v) is 12.2. The molecule has 17 heavy (non-hydrogen) atoms. The van der Waals surface area contributed by atoms with E-state index in [1.165, 1.54) is 17.3 Å². The first kappa shape index (κ1) is 14.3. The van der Waals surface area contributed by atoms with E-state index in [9.17, 15) is 0 Å². The molecule has 0 saturated carbocycles. The van der Waals surface area contributed by atoms with Crippen LogP contribution >= 0.6 is 24.0 Å². The van der Waals surface area contributed by atoms with Crippen molar-refractivity contribution in [3.05, 3.63) is 17.3 Å². The van der Waals surface area contributed by atoms with E-state index in [0.29, 0.717) is 16.9 Å². The van der Waals surface area contributed by atoms with Crippen LogP contribution in [0.2, 0.25) is 0 Å². The Morgan fingerprint density at radius 3 is 2.71 bits per heavy atom. The predicted molar refractivity (Wildman–Crippen MR) is 75.0 cm³/mol. The lowest BCUT2D eigenvalue weighted by atomic mass is 10.1. The second kappa shape index (κ2) is 6.81. The maximum absolute atomic E-state index is 5.26. The van der Waals surface area contributed by atoms with Gasteiger partial charge in [-0.25, -0.2) is 4.98 Å². The fourth-order valence-electron chi connectivity index (χ4n) is 1.42. The number of pyridine rings is 1. The van der Waals surface area contributed by atoms with Gasteiger partial charge in [0.25, 0.3) is 0 Å². The summed E-state index contributed by atoms with van der Waals surface area (Å²) in [7, 11) is 1.61. The molecule has 1 aromatic heterocycles. The Bertz CT molecular complexity index is 408. The Hall–Kier alpha value is -0.810. The fraction of sp³-hybridized carbons (Fsp3) is 0.500. The van der Waals surface area contributed by atoms with Crippen molar-refractivity contribution in [3.63, 3.8) is 0 Å². The molecule has 5 heteroatoms. The van der Waals surface area contributed by atoms with Crippen LogP contribution in [0.1, 0.15) is 25.1 Å². The molecule has 0 amide bonds. The Labute approximate surface area is 112 Å². The van der Waals surface area contributed by atoms with E-state index in [1.54, 1.807) is 7.11 Å². The number of nitrogens with zero attached hydrogens (tertiary/aromatic N) is 1. The Kier molecular flexibility index (Phi) is 5.71. The van der Waals surface area contributed by atoms with Gasteiger partial charge in [0.1, 0.15) is 0 Å². The zero-order chi connectivity index (χ0) is 12.8. The van der Waals surface area contributed by atoms with Gasteiger partial charge in [-0.2, -0.15) is 0 Å². The number of methoxy groups -OCH3 is 1. The number of thiocarbonyl (C=S) groups is 1. The van der Waals surface area contributed by atoms with Crippen LogP contribution in [0.5, 0.6) is 5.88 Å². The monoisotopic (exact) mass is 271 g/mol. The largest absolute Gasteiger partial charge is 0.480 e. The van der Waals surface area contributed by atoms with Gasteiger partial charge in [-0.1, -0.05) is 6.92 Å². The first-order chi connectivity index (χ1) is 8.12. The van der Waals surface area contributed by atoms with Crippen molar-refractivity contribution in [2.24, 2.45) is 0 Å². The average molecular weight is 271 g/mol. The van der Waals surface area contributed by atoms with Gasteiger partial charge in [0.2, 0.25) is 10.3 Å². The molecule has 0 spiro atoms. The van der Waals surface area contributed by atoms with Crippen molar-refractivity contribution in [3.8, 4) is 5.88 Å². The maximum atomic E-state index is 5.26. The summed E-state index contributed by atoms with van der Waals surface area (Å²) in [5, 5.41) is 0. The Morgan fingerprint density at radius 1 is 1.47 bits per heavy atom. The predicted octanol–water partition coefficient (Wildman–Crippen LogP) is 3.37. The van der Waals surface area contributed by atoms with Crippen molar-refractivity contribution in [2.45, 2.75) is 32.1 Å². The Balaban J connectivity index is 2.99. The molecule has 0 aliphatic heterocycles. The zero-order valence-electron chi connectivity index (χ0n) is 10.6. The minimum atomic E-state index is 0.499. The molecule has 3 nitrogen and oxygen atoms in total. The van der Waals surface area contributed by atoms with Gasteiger partial charge >= 0.3 is 0 Å². The summed E-state index contributed by atoms with van der Waals surface area (Å²) >= 11 is 6.49. The highest BCUT2D eigenvalue weighted by atomic mass is 32.2. The van der Waals surface area contributed by atoms with E-state index >= 15 is 0 Å². The lowest BCUT2D eigenvalue weighted by molar-refractivity contribution is 0.346. The van der Waals surface area contributed by atoms with Crippen LogP contribution in [0, 0.1) is 6.92 Å². The van der Waals surface area contributed by atoms with E-state index in [0.717, 1.165) is 17.0 Å². The van der Waals surface area contributed by atoms with E-state index in [-0.39, 0.29) is 0 Å². The number of aromatic nitrogens is 1. The molecule has 0 radical (unpaired) electrons. The van der Waals surface area contributed by atoms with Gasteiger partial charge < -0.3 is 9.47 Å². The van der Waals surface area contributed by atoms with Crippen LogP contribution in [-0.2, 0) is 11.2 Å². The van der Waals surface area contributed by atoms with E-state index in [2.05, 4.69) is 18.0 Å². The van der Waals surface area contributed by atoms with Crippen LogP contribution in [0.25, 0.3) is 0 Å². The second-order valence-electron chi connectivity index (χ2n) is 3.38. The number of hydrogen-bond acceptors (Lipinski definition) is 5. The highest BCUT2D eigenvalue weighted by molar-refractivity contribution is 8.22. The first-order valence-corrected chi connectivity index (χ1v) is 6.73. The molecule has 94 valence electrons. The van der Waals surface area contributed by atoms with Gasteiger partial charge in [-0.05, 0) is 55.9 Å². The molecular weight excluding hydrogens is 254 g/mol. The third kappa shape index (κ3) is 3.85. The van der Waals surface area contributed by atoms with Crippen LogP contribution < -0.4 is 4.74 Å². The summed E-state index contributed by atoms with van der Waals surface area (Å²) in [4.78, 5) is 5.33. The highest BCUT2D eigenvalue weighted by Gasteiger charge is 2.12. The standard InChI is InChI=1S/C12H17NO2S2/c1-5-9-7-10(17-12(16)15-6-2)11(14-4)13-8(9)3/h7H,5-6H2,1-4H3. The van der Waals surface area contributed by atoms with Gasteiger partial charge in [-0.15, -0.1) is 0 Å². The van der Waals surface area contributed by atoms with E-state index in [4.69, 9.17) is 21.7 Å². The smallest absolute Gasteiger partial charge is 0.227 e. The van der Waals surface area contributed by atoms with E-state index < -0.39 is 0 Å². The third-order valence-electron chi connectivity index (χ3n) is 2.28. The summed E-state index contributed by atoms with van der Waals surface area (Å²) in [6.45, 7) is 6.57. The molecule has 0 aromatic carbocycles. The molecule has 0 saturated heterocycles. The molecule has 0 aliphatic carbocycles. The van der Waals surface area contributed by atoms with Crippen molar-refractivity contribution in [1.29, 1.82) is 0 Å². The molecule has 0 atom stereocenters.